The summed E-state index contributed by atoms with van der Waals surface area (Å²) in [5.41, 5.74) is 0.467. The fourth-order valence-electron chi connectivity index (χ4n) is 1.42. The van der Waals surface area contributed by atoms with Gasteiger partial charge in [0.15, 0.2) is 0 Å². The van der Waals surface area contributed by atoms with Crippen molar-refractivity contribution in [2.45, 2.75) is 0 Å². The number of hydrogen-bond donors (Lipinski definition) is 0. The Balaban J connectivity index is 3.14. The average Bonchev–Trinajstić information content (AvgIpc) is 2.49. The first kappa shape index (κ1) is 15.2. The molecule has 1 rings (SSSR count). The van der Waals surface area contributed by atoms with Gasteiger partial charge < -0.3 is 9.47 Å². The number of esters is 2. The van der Waals surface area contributed by atoms with Gasteiger partial charge in [-0.1, -0.05) is 30.9 Å². The van der Waals surface area contributed by atoms with Gasteiger partial charge in [0.25, 0.3) is 0 Å². The molecule has 0 N–H and O–H groups in total. The number of methoxy groups -OCH3 is 1. The van der Waals surface area contributed by atoms with E-state index in [0.717, 1.165) is 0 Å². The van der Waals surface area contributed by atoms with Crippen LogP contribution >= 0.6 is 0 Å². The number of ether oxygens (including phenoxy) is 2. The van der Waals surface area contributed by atoms with Crippen molar-refractivity contribution >= 4 is 18.0 Å². The summed E-state index contributed by atoms with van der Waals surface area (Å²) in [5.74, 6) is -1.32. The molecule has 0 heterocycles. The maximum atomic E-state index is 11.6. The molecular weight excluding hydrogens is 258 g/mol. The third-order valence-corrected chi connectivity index (χ3v) is 2.34. The van der Waals surface area contributed by atoms with Gasteiger partial charge in [-0.2, -0.15) is 5.26 Å². The Labute approximate surface area is 116 Å². The molecule has 0 saturated carbocycles. The first-order chi connectivity index (χ1) is 9.63. The normalized spacial score (nSPS) is 10.3. The van der Waals surface area contributed by atoms with Gasteiger partial charge in [-0.15, -0.1) is 0 Å². The molecule has 0 unspecified atom stereocenters. The van der Waals surface area contributed by atoms with Gasteiger partial charge in [-0.25, -0.2) is 9.59 Å². The summed E-state index contributed by atoms with van der Waals surface area (Å²) in [5, 5.41) is 8.98. The van der Waals surface area contributed by atoms with E-state index in [1.165, 1.54) is 19.3 Å². The van der Waals surface area contributed by atoms with Crippen molar-refractivity contribution in [3.8, 4) is 6.07 Å². The van der Waals surface area contributed by atoms with Crippen LogP contribution in [0.3, 0.4) is 0 Å². The molecule has 1 aromatic rings. The van der Waals surface area contributed by atoms with Crippen LogP contribution in [0.25, 0.3) is 6.08 Å². The van der Waals surface area contributed by atoms with Crippen LogP contribution in [0.2, 0.25) is 0 Å². The van der Waals surface area contributed by atoms with Crippen molar-refractivity contribution in [2.24, 2.45) is 0 Å². The zero-order chi connectivity index (χ0) is 15.0. The topological polar surface area (TPSA) is 76.4 Å². The molecule has 0 aromatic heterocycles. The Kier molecular flexibility index (Phi) is 5.73. The number of nitriles is 1. The second kappa shape index (κ2) is 7.54. The fourth-order valence-corrected chi connectivity index (χ4v) is 1.42. The van der Waals surface area contributed by atoms with E-state index in [-0.39, 0.29) is 17.7 Å². The smallest absolute Gasteiger partial charge is 0.349 e. The highest BCUT2D eigenvalue weighted by Crippen LogP contribution is 2.15. The molecule has 102 valence electrons. The second-order valence-corrected chi connectivity index (χ2v) is 3.64. The van der Waals surface area contributed by atoms with Crippen LogP contribution in [-0.4, -0.2) is 25.7 Å². The van der Waals surface area contributed by atoms with Crippen LogP contribution in [0.5, 0.6) is 0 Å². The summed E-state index contributed by atoms with van der Waals surface area (Å²) < 4.78 is 9.42. The van der Waals surface area contributed by atoms with Crippen LogP contribution in [0.15, 0.2) is 42.5 Å². The van der Waals surface area contributed by atoms with E-state index in [2.05, 4.69) is 11.3 Å². The van der Waals surface area contributed by atoms with Gasteiger partial charge in [-0.3, -0.25) is 0 Å². The number of rotatable bonds is 5. The molecule has 0 atom stereocenters. The SMILES string of the molecule is C=CCOC(=O)/C(C#N)=C/c1ccccc1C(=O)OC. The van der Waals surface area contributed by atoms with Gasteiger partial charge in [0, 0.05) is 0 Å². The van der Waals surface area contributed by atoms with E-state index in [9.17, 15) is 9.59 Å². The van der Waals surface area contributed by atoms with E-state index >= 15 is 0 Å². The van der Waals surface area contributed by atoms with Crippen molar-refractivity contribution in [1.82, 2.24) is 0 Å². The zero-order valence-corrected chi connectivity index (χ0v) is 11.0. The number of carbonyl (C=O) groups is 2. The fraction of sp³-hybridized carbons (Fsp3) is 0.133. The van der Waals surface area contributed by atoms with Crippen LogP contribution in [-0.2, 0) is 14.3 Å². The summed E-state index contributed by atoms with van der Waals surface area (Å²) in [6.07, 6.45) is 2.69. The molecule has 0 bridgehead atoms. The van der Waals surface area contributed by atoms with Crippen molar-refractivity contribution in [2.75, 3.05) is 13.7 Å². The first-order valence-corrected chi connectivity index (χ1v) is 5.71. The van der Waals surface area contributed by atoms with Crippen molar-refractivity contribution in [3.63, 3.8) is 0 Å². The lowest BCUT2D eigenvalue weighted by Gasteiger charge is -2.04. The number of carbonyl (C=O) groups excluding carboxylic acids is 2. The lowest BCUT2D eigenvalue weighted by atomic mass is 10.0. The molecule has 20 heavy (non-hydrogen) atoms. The molecule has 0 aliphatic rings. The van der Waals surface area contributed by atoms with E-state index in [0.29, 0.717) is 5.56 Å². The number of nitrogens with zero attached hydrogens (tertiary/aromatic N) is 1. The molecule has 0 spiro atoms. The third-order valence-electron chi connectivity index (χ3n) is 2.34. The maximum absolute atomic E-state index is 11.6. The molecule has 0 amide bonds. The molecule has 1 aromatic carbocycles. The summed E-state index contributed by atoms with van der Waals surface area (Å²) in [4.78, 5) is 23.2. The molecule has 0 aliphatic heterocycles. The van der Waals surface area contributed by atoms with E-state index in [4.69, 9.17) is 10.00 Å². The van der Waals surface area contributed by atoms with E-state index < -0.39 is 11.9 Å². The summed E-state index contributed by atoms with van der Waals surface area (Å²) in [6.45, 7) is 3.42. The van der Waals surface area contributed by atoms with Gasteiger partial charge in [0.1, 0.15) is 18.2 Å². The Hall–Kier alpha value is -2.87. The van der Waals surface area contributed by atoms with E-state index in [1.807, 2.05) is 0 Å². The molecule has 0 radical (unpaired) electrons. The Morgan fingerprint density at radius 3 is 2.70 bits per heavy atom. The number of benzene rings is 1. The zero-order valence-electron chi connectivity index (χ0n) is 11.0. The third kappa shape index (κ3) is 3.82. The van der Waals surface area contributed by atoms with Gasteiger partial charge in [0.05, 0.1) is 12.7 Å². The summed E-state index contributed by atoms with van der Waals surface area (Å²) >= 11 is 0. The molecule has 0 fully saturated rings. The maximum Gasteiger partial charge on any atom is 0.349 e. The highest BCUT2D eigenvalue weighted by Gasteiger charge is 2.14. The van der Waals surface area contributed by atoms with Crippen molar-refractivity contribution in [3.05, 3.63) is 53.6 Å². The average molecular weight is 271 g/mol. The monoisotopic (exact) mass is 271 g/mol. The Morgan fingerprint density at radius 2 is 2.10 bits per heavy atom. The number of hydrogen-bond acceptors (Lipinski definition) is 5. The molecule has 0 aliphatic carbocycles. The van der Waals surface area contributed by atoms with Crippen molar-refractivity contribution in [1.29, 1.82) is 5.26 Å². The minimum absolute atomic E-state index is 0.0104. The van der Waals surface area contributed by atoms with E-state index in [1.54, 1.807) is 30.3 Å². The molecule has 5 nitrogen and oxygen atoms in total. The van der Waals surface area contributed by atoms with Crippen molar-refractivity contribution < 1.29 is 19.1 Å². The highest BCUT2D eigenvalue weighted by molar-refractivity contribution is 6.01. The van der Waals surface area contributed by atoms with Gasteiger partial charge >= 0.3 is 11.9 Å². The minimum Gasteiger partial charge on any atom is -0.465 e. The standard InChI is InChI=1S/C15H13NO4/c1-3-8-20-14(17)12(10-16)9-11-6-4-5-7-13(11)15(18)19-2/h3-7,9H,1,8H2,2H3/b12-9+. The summed E-state index contributed by atoms with van der Waals surface area (Å²) in [6, 6.07) is 8.23. The quantitative estimate of drug-likeness (QED) is 0.355. The highest BCUT2D eigenvalue weighted by atomic mass is 16.5. The lowest BCUT2D eigenvalue weighted by molar-refractivity contribution is -0.137. The van der Waals surface area contributed by atoms with Gasteiger partial charge in [-0.05, 0) is 17.7 Å². The largest absolute Gasteiger partial charge is 0.465 e. The van der Waals surface area contributed by atoms with Crippen LogP contribution in [0.1, 0.15) is 15.9 Å². The Bertz CT molecular complexity index is 596. The van der Waals surface area contributed by atoms with Crippen LogP contribution in [0, 0.1) is 11.3 Å². The first-order valence-electron chi connectivity index (χ1n) is 5.71. The molecule has 0 saturated heterocycles. The molecule has 5 heteroatoms. The van der Waals surface area contributed by atoms with Gasteiger partial charge in [0.2, 0.25) is 0 Å². The predicted molar refractivity (Wildman–Crippen MR) is 72.5 cm³/mol. The Morgan fingerprint density at radius 1 is 1.40 bits per heavy atom. The predicted octanol–water partition coefficient (Wildman–Crippen LogP) is 2.11. The van der Waals surface area contributed by atoms with Crippen LogP contribution < -0.4 is 0 Å². The lowest BCUT2D eigenvalue weighted by Crippen LogP contribution is -2.08. The van der Waals surface area contributed by atoms with Crippen LogP contribution in [0.4, 0.5) is 0 Å². The summed E-state index contributed by atoms with van der Waals surface area (Å²) in [7, 11) is 1.26. The second-order valence-electron chi connectivity index (χ2n) is 3.64. The minimum atomic E-state index is -0.771. The molecular formula is C15H13NO4.